The van der Waals surface area contributed by atoms with Gasteiger partial charge in [-0.15, -0.1) is 0 Å². The van der Waals surface area contributed by atoms with Crippen molar-refractivity contribution in [2.24, 2.45) is 5.92 Å². The molecule has 0 saturated carbocycles. The Morgan fingerprint density at radius 3 is 2.47 bits per heavy atom. The van der Waals surface area contributed by atoms with Gasteiger partial charge < -0.3 is 19.9 Å². The van der Waals surface area contributed by atoms with Crippen LogP contribution < -0.4 is 10.2 Å². The summed E-state index contributed by atoms with van der Waals surface area (Å²) in [5.41, 5.74) is 4.78. The van der Waals surface area contributed by atoms with Gasteiger partial charge in [-0.1, -0.05) is 42.5 Å². The molecule has 6 rings (SSSR count). The molecule has 3 aliphatic rings. The first-order chi connectivity index (χ1) is 18.6. The number of pyridine rings is 1. The molecule has 2 aromatic carbocycles. The standard InChI is InChI=1S/C31H34N4O3/c1-21-7-5-6-10-26(21)35-19-23-11-12-27(33-29(23)28(31(35)37)24-15-18-38-20-24)32-25-13-16-34(17-14-25)30(36)22-8-3-2-4-9-22/h2-12,24-25,28H,13-20H2,1H3,(H,32,33). The van der Waals surface area contributed by atoms with Gasteiger partial charge in [0.25, 0.3) is 5.91 Å². The fourth-order valence-electron chi connectivity index (χ4n) is 6.03. The molecule has 4 heterocycles. The van der Waals surface area contributed by atoms with Crippen LogP contribution in [0.1, 0.15) is 52.4 Å². The molecule has 3 aromatic rings. The fraction of sp³-hybridized carbons (Fsp3) is 0.387. The second kappa shape index (κ2) is 10.6. The largest absolute Gasteiger partial charge is 0.381 e. The number of anilines is 2. The summed E-state index contributed by atoms with van der Waals surface area (Å²) in [6.07, 6.45) is 2.58. The van der Waals surface area contributed by atoms with Crippen LogP contribution in [-0.4, -0.2) is 54.0 Å². The number of amides is 2. The zero-order valence-corrected chi connectivity index (χ0v) is 21.8. The number of nitrogens with zero attached hydrogens (tertiary/aromatic N) is 3. The average Bonchev–Trinajstić information content (AvgIpc) is 3.48. The molecule has 7 nitrogen and oxygen atoms in total. The molecule has 7 heteroatoms. The van der Waals surface area contributed by atoms with Crippen molar-refractivity contribution in [1.29, 1.82) is 0 Å². The molecule has 1 N–H and O–H groups in total. The number of piperidine rings is 1. The van der Waals surface area contributed by atoms with E-state index in [9.17, 15) is 9.59 Å². The van der Waals surface area contributed by atoms with E-state index < -0.39 is 0 Å². The number of para-hydroxylation sites is 1. The van der Waals surface area contributed by atoms with Crippen LogP contribution in [0.15, 0.2) is 66.7 Å². The minimum Gasteiger partial charge on any atom is -0.381 e. The number of aromatic nitrogens is 1. The van der Waals surface area contributed by atoms with Crippen molar-refractivity contribution in [3.8, 4) is 0 Å². The maximum Gasteiger partial charge on any atom is 0.253 e. The Kier molecular flexibility index (Phi) is 6.85. The first-order valence-electron chi connectivity index (χ1n) is 13.6. The van der Waals surface area contributed by atoms with E-state index in [2.05, 4.69) is 24.4 Å². The summed E-state index contributed by atoms with van der Waals surface area (Å²) in [5, 5.41) is 3.60. The third-order valence-electron chi connectivity index (χ3n) is 8.16. The fourth-order valence-corrected chi connectivity index (χ4v) is 6.03. The summed E-state index contributed by atoms with van der Waals surface area (Å²) in [7, 11) is 0. The molecule has 2 saturated heterocycles. The number of hydrogen-bond acceptors (Lipinski definition) is 5. The Labute approximate surface area is 223 Å². The van der Waals surface area contributed by atoms with Gasteiger partial charge in [0.15, 0.2) is 0 Å². The summed E-state index contributed by atoms with van der Waals surface area (Å²) in [4.78, 5) is 35.6. The summed E-state index contributed by atoms with van der Waals surface area (Å²) in [5.74, 6) is 0.822. The predicted molar refractivity (Wildman–Crippen MR) is 147 cm³/mol. The van der Waals surface area contributed by atoms with Crippen LogP contribution in [0.25, 0.3) is 0 Å². The number of nitrogens with one attached hydrogen (secondary N) is 1. The first kappa shape index (κ1) is 24.6. The SMILES string of the molecule is Cc1ccccc1N1Cc2ccc(NC3CCN(C(=O)c4ccccc4)CC3)nc2C(C2CCOC2)C1=O. The molecule has 0 aliphatic carbocycles. The molecule has 2 atom stereocenters. The van der Waals surface area contributed by atoms with E-state index >= 15 is 0 Å². The minimum absolute atomic E-state index is 0.0919. The molecule has 0 radical (unpaired) electrons. The third kappa shape index (κ3) is 4.78. The highest BCUT2D eigenvalue weighted by atomic mass is 16.5. The number of ether oxygens (including phenoxy) is 1. The van der Waals surface area contributed by atoms with Crippen LogP contribution in [0.5, 0.6) is 0 Å². The quantitative estimate of drug-likeness (QED) is 0.535. The minimum atomic E-state index is -0.312. The highest BCUT2D eigenvalue weighted by Crippen LogP contribution is 2.40. The lowest BCUT2D eigenvalue weighted by molar-refractivity contribution is -0.122. The molecule has 3 aliphatic heterocycles. The maximum absolute atomic E-state index is 13.9. The van der Waals surface area contributed by atoms with Crippen molar-refractivity contribution < 1.29 is 14.3 Å². The predicted octanol–water partition coefficient (Wildman–Crippen LogP) is 4.77. The lowest BCUT2D eigenvalue weighted by Crippen LogP contribution is -2.44. The number of carbonyl (C=O) groups is 2. The molecule has 0 bridgehead atoms. The Balaban J connectivity index is 1.19. The number of likely N-dealkylation sites (tertiary alicyclic amines) is 1. The maximum atomic E-state index is 13.9. The number of hydrogen-bond donors (Lipinski definition) is 1. The number of rotatable bonds is 5. The smallest absolute Gasteiger partial charge is 0.253 e. The van der Waals surface area contributed by atoms with Crippen LogP contribution in [0.3, 0.4) is 0 Å². The van der Waals surface area contributed by atoms with E-state index in [0.717, 1.165) is 53.2 Å². The molecule has 2 fully saturated rings. The molecule has 0 spiro atoms. The topological polar surface area (TPSA) is 74.8 Å². The zero-order chi connectivity index (χ0) is 26.1. The average molecular weight is 511 g/mol. The lowest BCUT2D eigenvalue weighted by atomic mass is 9.82. The van der Waals surface area contributed by atoms with Crippen molar-refractivity contribution in [2.45, 2.75) is 44.7 Å². The van der Waals surface area contributed by atoms with E-state index in [0.29, 0.717) is 32.8 Å². The number of benzene rings is 2. The molecule has 2 unspecified atom stereocenters. The Morgan fingerprint density at radius 1 is 0.974 bits per heavy atom. The van der Waals surface area contributed by atoms with Crippen LogP contribution in [0, 0.1) is 12.8 Å². The van der Waals surface area contributed by atoms with Gasteiger partial charge in [0, 0.05) is 42.9 Å². The van der Waals surface area contributed by atoms with Crippen LogP contribution in [0.4, 0.5) is 11.5 Å². The second-order valence-electron chi connectivity index (χ2n) is 10.6. The normalized spacial score (nSPS) is 21.9. The van der Waals surface area contributed by atoms with Crippen LogP contribution >= 0.6 is 0 Å². The van der Waals surface area contributed by atoms with Crippen molar-refractivity contribution in [1.82, 2.24) is 9.88 Å². The molecular weight excluding hydrogens is 476 g/mol. The third-order valence-corrected chi connectivity index (χ3v) is 8.16. The monoisotopic (exact) mass is 510 g/mol. The van der Waals surface area contributed by atoms with Crippen LogP contribution in [-0.2, 0) is 16.1 Å². The molecule has 1 aromatic heterocycles. The van der Waals surface area contributed by atoms with Gasteiger partial charge in [0.05, 0.1) is 24.8 Å². The van der Waals surface area contributed by atoms with Crippen molar-refractivity contribution in [3.63, 3.8) is 0 Å². The Bertz CT molecular complexity index is 1310. The summed E-state index contributed by atoms with van der Waals surface area (Å²) >= 11 is 0. The van der Waals surface area contributed by atoms with E-state index in [1.807, 2.05) is 64.4 Å². The van der Waals surface area contributed by atoms with Crippen LogP contribution in [0.2, 0.25) is 0 Å². The highest BCUT2D eigenvalue weighted by Gasteiger charge is 2.42. The highest BCUT2D eigenvalue weighted by molar-refractivity contribution is 6.00. The zero-order valence-electron chi connectivity index (χ0n) is 21.8. The van der Waals surface area contributed by atoms with Gasteiger partial charge >= 0.3 is 0 Å². The van der Waals surface area contributed by atoms with E-state index in [4.69, 9.17) is 9.72 Å². The number of aryl methyl sites for hydroxylation is 1. The summed E-state index contributed by atoms with van der Waals surface area (Å²) < 4.78 is 5.71. The van der Waals surface area contributed by atoms with Gasteiger partial charge in [-0.2, -0.15) is 0 Å². The van der Waals surface area contributed by atoms with Crippen molar-refractivity contribution in [3.05, 3.63) is 89.1 Å². The summed E-state index contributed by atoms with van der Waals surface area (Å²) in [6.45, 7) is 5.27. The number of fused-ring (bicyclic) bond motifs is 1. The van der Waals surface area contributed by atoms with Gasteiger partial charge in [0.1, 0.15) is 5.82 Å². The van der Waals surface area contributed by atoms with Gasteiger partial charge in [-0.25, -0.2) is 4.98 Å². The van der Waals surface area contributed by atoms with Crippen molar-refractivity contribution >= 4 is 23.3 Å². The molecule has 38 heavy (non-hydrogen) atoms. The van der Waals surface area contributed by atoms with E-state index in [1.54, 1.807) is 0 Å². The lowest BCUT2D eigenvalue weighted by Gasteiger charge is -2.37. The van der Waals surface area contributed by atoms with E-state index in [-0.39, 0.29) is 29.7 Å². The Morgan fingerprint density at radius 2 is 1.74 bits per heavy atom. The first-order valence-corrected chi connectivity index (χ1v) is 13.6. The number of carbonyl (C=O) groups excluding carboxylic acids is 2. The molecule has 2 amide bonds. The van der Waals surface area contributed by atoms with Gasteiger partial charge in [0.2, 0.25) is 5.91 Å². The molecular formula is C31H34N4O3. The van der Waals surface area contributed by atoms with Gasteiger partial charge in [-0.05, 0) is 61.6 Å². The second-order valence-corrected chi connectivity index (χ2v) is 10.6. The van der Waals surface area contributed by atoms with E-state index in [1.165, 1.54) is 0 Å². The molecule has 196 valence electrons. The van der Waals surface area contributed by atoms with Crippen molar-refractivity contribution in [2.75, 3.05) is 36.5 Å². The Hall–Kier alpha value is -3.71. The summed E-state index contributed by atoms with van der Waals surface area (Å²) in [6, 6.07) is 21.9. The van der Waals surface area contributed by atoms with Gasteiger partial charge in [-0.3, -0.25) is 9.59 Å².